The Hall–Kier alpha value is -2.00. The smallest absolute Gasteiger partial charge is 0.146 e. The molecule has 0 saturated carbocycles. The summed E-state index contributed by atoms with van der Waals surface area (Å²) < 4.78 is 11.3. The van der Waals surface area contributed by atoms with E-state index in [9.17, 15) is 0 Å². The molecule has 19 heavy (non-hydrogen) atoms. The summed E-state index contributed by atoms with van der Waals surface area (Å²) in [6.45, 7) is 3.24. The Labute approximate surface area is 113 Å². The average Bonchev–Trinajstić information content (AvgIpc) is 2.86. The molecule has 0 aliphatic heterocycles. The van der Waals surface area contributed by atoms with Gasteiger partial charge in [0.2, 0.25) is 0 Å². The van der Waals surface area contributed by atoms with Gasteiger partial charge in [-0.1, -0.05) is 30.4 Å². The molecule has 0 amide bonds. The van der Waals surface area contributed by atoms with E-state index in [0.717, 1.165) is 29.2 Å². The molecule has 0 spiro atoms. The SMILES string of the molecule is CC=Cc1ccccc1OCc1cc(CNC)co1. The molecule has 3 nitrogen and oxygen atoms in total. The summed E-state index contributed by atoms with van der Waals surface area (Å²) in [6.07, 6.45) is 5.79. The van der Waals surface area contributed by atoms with Crippen LogP contribution in [0.4, 0.5) is 0 Å². The fraction of sp³-hybridized carbons (Fsp3) is 0.250. The van der Waals surface area contributed by atoms with E-state index in [0.29, 0.717) is 6.61 Å². The normalized spacial score (nSPS) is 11.1. The third kappa shape index (κ3) is 3.73. The van der Waals surface area contributed by atoms with Crippen molar-refractivity contribution in [3.8, 4) is 5.75 Å². The maximum Gasteiger partial charge on any atom is 0.146 e. The Morgan fingerprint density at radius 3 is 2.95 bits per heavy atom. The number of rotatable bonds is 6. The predicted octanol–water partition coefficient (Wildman–Crippen LogP) is 3.61. The molecule has 1 heterocycles. The van der Waals surface area contributed by atoms with Crippen LogP contribution in [0.1, 0.15) is 23.8 Å². The summed E-state index contributed by atoms with van der Waals surface area (Å²) in [4.78, 5) is 0. The Morgan fingerprint density at radius 1 is 1.32 bits per heavy atom. The first-order valence-corrected chi connectivity index (χ1v) is 6.39. The van der Waals surface area contributed by atoms with Crippen LogP contribution in [0.3, 0.4) is 0 Å². The van der Waals surface area contributed by atoms with Crippen LogP contribution in [-0.2, 0) is 13.2 Å². The van der Waals surface area contributed by atoms with Crippen LogP contribution >= 0.6 is 0 Å². The largest absolute Gasteiger partial charge is 0.485 e. The van der Waals surface area contributed by atoms with E-state index in [4.69, 9.17) is 9.15 Å². The molecule has 3 heteroatoms. The van der Waals surface area contributed by atoms with Gasteiger partial charge < -0.3 is 14.5 Å². The molecule has 1 aromatic carbocycles. The predicted molar refractivity (Wildman–Crippen MR) is 77.0 cm³/mol. The number of allylic oxidation sites excluding steroid dienone is 1. The number of nitrogens with one attached hydrogen (secondary N) is 1. The van der Waals surface area contributed by atoms with Gasteiger partial charge in [-0.15, -0.1) is 0 Å². The second-order valence-corrected chi connectivity index (χ2v) is 4.28. The lowest BCUT2D eigenvalue weighted by atomic mass is 10.2. The van der Waals surface area contributed by atoms with Crippen LogP contribution in [0, 0.1) is 0 Å². The first-order valence-electron chi connectivity index (χ1n) is 6.39. The van der Waals surface area contributed by atoms with Crippen LogP contribution in [0.5, 0.6) is 5.75 Å². The number of hydrogen-bond acceptors (Lipinski definition) is 3. The fourth-order valence-electron chi connectivity index (χ4n) is 1.88. The fourth-order valence-corrected chi connectivity index (χ4v) is 1.88. The summed E-state index contributed by atoms with van der Waals surface area (Å²) >= 11 is 0. The van der Waals surface area contributed by atoms with Crippen molar-refractivity contribution in [2.75, 3.05) is 7.05 Å². The lowest BCUT2D eigenvalue weighted by molar-refractivity contribution is 0.270. The van der Waals surface area contributed by atoms with E-state index in [-0.39, 0.29) is 0 Å². The molecule has 1 aromatic heterocycles. The third-order valence-corrected chi connectivity index (χ3v) is 2.72. The minimum atomic E-state index is 0.443. The third-order valence-electron chi connectivity index (χ3n) is 2.72. The molecule has 0 aliphatic carbocycles. The summed E-state index contributed by atoms with van der Waals surface area (Å²) in [7, 11) is 1.91. The Morgan fingerprint density at radius 2 is 2.16 bits per heavy atom. The topological polar surface area (TPSA) is 34.4 Å². The highest BCUT2D eigenvalue weighted by atomic mass is 16.5. The molecule has 0 atom stereocenters. The zero-order valence-corrected chi connectivity index (χ0v) is 11.3. The van der Waals surface area contributed by atoms with Gasteiger partial charge in [0.05, 0.1) is 6.26 Å². The molecule has 0 aliphatic rings. The zero-order valence-electron chi connectivity index (χ0n) is 11.3. The number of ether oxygens (including phenoxy) is 1. The molecule has 1 N–H and O–H groups in total. The molecule has 0 bridgehead atoms. The van der Waals surface area contributed by atoms with Crippen molar-refractivity contribution in [3.05, 3.63) is 59.6 Å². The molecule has 0 unspecified atom stereocenters. The van der Waals surface area contributed by atoms with Gasteiger partial charge in [-0.2, -0.15) is 0 Å². The minimum absolute atomic E-state index is 0.443. The zero-order chi connectivity index (χ0) is 13.5. The Kier molecular flexibility index (Phi) is 4.81. The maximum absolute atomic E-state index is 5.80. The average molecular weight is 257 g/mol. The standard InChI is InChI=1S/C16H19NO2/c1-3-6-14-7-4-5-8-16(14)19-12-15-9-13(10-17-2)11-18-15/h3-9,11,17H,10,12H2,1-2H3. The van der Waals surface area contributed by atoms with Crippen molar-refractivity contribution >= 4 is 6.08 Å². The first-order chi connectivity index (χ1) is 9.33. The highest BCUT2D eigenvalue weighted by Gasteiger charge is 2.04. The number of benzene rings is 1. The lowest BCUT2D eigenvalue weighted by Gasteiger charge is -2.07. The van der Waals surface area contributed by atoms with Crippen molar-refractivity contribution in [2.24, 2.45) is 0 Å². The van der Waals surface area contributed by atoms with Gasteiger partial charge in [0, 0.05) is 17.7 Å². The molecular formula is C16H19NO2. The summed E-state index contributed by atoms with van der Waals surface area (Å²) in [5, 5.41) is 3.09. The second-order valence-electron chi connectivity index (χ2n) is 4.28. The monoisotopic (exact) mass is 257 g/mol. The summed E-state index contributed by atoms with van der Waals surface area (Å²) in [6, 6.07) is 9.97. The summed E-state index contributed by atoms with van der Waals surface area (Å²) in [5.41, 5.74) is 2.20. The molecule has 100 valence electrons. The number of furan rings is 1. The van der Waals surface area contributed by atoms with Gasteiger partial charge in [-0.25, -0.2) is 0 Å². The lowest BCUT2D eigenvalue weighted by Crippen LogP contribution is -2.03. The molecule has 2 rings (SSSR count). The van der Waals surface area contributed by atoms with E-state index >= 15 is 0 Å². The number of para-hydroxylation sites is 1. The van der Waals surface area contributed by atoms with E-state index in [1.165, 1.54) is 0 Å². The van der Waals surface area contributed by atoms with Crippen molar-refractivity contribution < 1.29 is 9.15 Å². The molecule has 2 aromatic rings. The number of hydrogen-bond donors (Lipinski definition) is 1. The van der Waals surface area contributed by atoms with E-state index in [2.05, 4.69) is 5.32 Å². The van der Waals surface area contributed by atoms with E-state index in [1.54, 1.807) is 6.26 Å². The van der Waals surface area contributed by atoms with Gasteiger partial charge in [0.15, 0.2) is 0 Å². The van der Waals surface area contributed by atoms with Crippen molar-refractivity contribution in [1.82, 2.24) is 5.32 Å². The Balaban J connectivity index is 2.01. The van der Waals surface area contributed by atoms with Gasteiger partial charge >= 0.3 is 0 Å². The Bertz CT molecular complexity index is 543. The maximum atomic E-state index is 5.80. The van der Waals surface area contributed by atoms with Crippen molar-refractivity contribution in [2.45, 2.75) is 20.1 Å². The quantitative estimate of drug-likeness (QED) is 0.858. The van der Waals surface area contributed by atoms with E-state index in [1.807, 2.05) is 56.5 Å². The molecule has 0 fully saturated rings. The van der Waals surface area contributed by atoms with Crippen LogP contribution in [0.2, 0.25) is 0 Å². The molecular weight excluding hydrogens is 238 g/mol. The van der Waals surface area contributed by atoms with Crippen LogP contribution in [0.15, 0.2) is 47.1 Å². The van der Waals surface area contributed by atoms with Gasteiger partial charge in [-0.3, -0.25) is 0 Å². The molecule has 0 radical (unpaired) electrons. The van der Waals surface area contributed by atoms with Gasteiger partial charge in [0.25, 0.3) is 0 Å². The molecule has 0 saturated heterocycles. The van der Waals surface area contributed by atoms with Gasteiger partial charge in [-0.05, 0) is 26.1 Å². The summed E-state index contributed by atoms with van der Waals surface area (Å²) in [5.74, 6) is 1.70. The van der Waals surface area contributed by atoms with Crippen LogP contribution in [0.25, 0.3) is 6.08 Å². The van der Waals surface area contributed by atoms with E-state index < -0.39 is 0 Å². The van der Waals surface area contributed by atoms with Crippen molar-refractivity contribution in [1.29, 1.82) is 0 Å². The highest BCUT2D eigenvalue weighted by Crippen LogP contribution is 2.21. The van der Waals surface area contributed by atoms with Gasteiger partial charge in [0.1, 0.15) is 18.1 Å². The van der Waals surface area contributed by atoms with Crippen LogP contribution < -0.4 is 10.1 Å². The van der Waals surface area contributed by atoms with Crippen LogP contribution in [-0.4, -0.2) is 7.05 Å². The minimum Gasteiger partial charge on any atom is -0.485 e. The highest BCUT2D eigenvalue weighted by molar-refractivity contribution is 5.56. The second kappa shape index (κ2) is 6.81. The van der Waals surface area contributed by atoms with Crippen molar-refractivity contribution in [3.63, 3.8) is 0 Å². The first kappa shape index (κ1) is 13.4.